The van der Waals surface area contributed by atoms with E-state index in [2.05, 4.69) is 69.4 Å². The molecule has 0 bridgehead atoms. The second kappa shape index (κ2) is 64.9. The van der Waals surface area contributed by atoms with Crippen molar-refractivity contribution in [3.8, 4) is 0 Å². The van der Waals surface area contributed by atoms with E-state index in [4.69, 9.17) is 14.2 Å². The van der Waals surface area contributed by atoms with Gasteiger partial charge in [0.15, 0.2) is 6.10 Å². The summed E-state index contributed by atoms with van der Waals surface area (Å²) in [5, 5.41) is 0. The summed E-state index contributed by atoms with van der Waals surface area (Å²) in [7, 11) is 0. The number of esters is 3. The quantitative estimate of drug-likeness (QED) is 0.0261. The summed E-state index contributed by atoms with van der Waals surface area (Å²) < 4.78 is 16.9. The number of hydrogen-bond donors (Lipinski definition) is 0. The third-order valence-corrected chi connectivity index (χ3v) is 15.0. The largest absolute Gasteiger partial charge is 0.462 e. The highest BCUT2D eigenvalue weighted by atomic mass is 16.6. The third-order valence-electron chi connectivity index (χ3n) is 15.0. The lowest BCUT2D eigenvalue weighted by Gasteiger charge is -2.18. The molecule has 6 heteroatoms. The fourth-order valence-corrected chi connectivity index (χ4v) is 9.94. The maximum absolute atomic E-state index is 12.9. The van der Waals surface area contributed by atoms with Crippen LogP contribution in [0.15, 0.2) is 48.6 Å². The Kier molecular flexibility index (Phi) is 62.6. The van der Waals surface area contributed by atoms with Gasteiger partial charge in [0.25, 0.3) is 0 Å². The first-order valence-corrected chi connectivity index (χ1v) is 33.6. The van der Waals surface area contributed by atoms with Crippen molar-refractivity contribution in [3.05, 3.63) is 48.6 Å². The number of rotatable bonds is 62. The molecule has 0 radical (unpaired) electrons. The highest BCUT2D eigenvalue weighted by molar-refractivity contribution is 5.71. The second-order valence-corrected chi connectivity index (χ2v) is 22.7. The van der Waals surface area contributed by atoms with Gasteiger partial charge < -0.3 is 14.2 Å². The number of ether oxygens (including phenoxy) is 3. The zero-order valence-electron chi connectivity index (χ0n) is 51.0. The van der Waals surface area contributed by atoms with Crippen molar-refractivity contribution in [1.29, 1.82) is 0 Å². The van der Waals surface area contributed by atoms with Gasteiger partial charge in [-0.2, -0.15) is 0 Å². The average Bonchev–Trinajstić information content (AvgIpc) is 3.42. The molecule has 0 spiro atoms. The minimum Gasteiger partial charge on any atom is -0.462 e. The monoisotopic (exact) mass is 1060 g/mol. The van der Waals surface area contributed by atoms with Gasteiger partial charge in [0.2, 0.25) is 0 Å². The second-order valence-electron chi connectivity index (χ2n) is 22.7. The summed E-state index contributed by atoms with van der Waals surface area (Å²) in [6.45, 7) is 6.64. The van der Waals surface area contributed by atoms with Crippen LogP contribution in [0.25, 0.3) is 0 Å². The Balaban J connectivity index is 4.24. The molecule has 0 heterocycles. The lowest BCUT2D eigenvalue weighted by atomic mass is 10.0. The predicted octanol–water partition coefficient (Wildman–Crippen LogP) is 22.9. The van der Waals surface area contributed by atoms with E-state index in [0.29, 0.717) is 19.3 Å². The molecule has 0 aromatic carbocycles. The first kappa shape index (κ1) is 73.4. The molecular weight excluding hydrogens is 937 g/mol. The molecule has 0 aromatic heterocycles. The van der Waals surface area contributed by atoms with Crippen LogP contribution in [0.2, 0.25) is 0 Å². The Bertz CT molecular complexity index is 1310. The van der Waals surface area contributed by atoms with Crippen molar-refractivity contribution in [2.75, 3.05) is 13.2 Å². The smallest absolute Gasteiger partial charge is 0.306 e. The van der Waals surface area contributed by atoms with Gasteiger partial charge in [0.1, 0.15) is 13.2 Å². The average molecular weight is 1070 g/mol. The molecule has 6 nitrogen and oxygen atoms in total. The number of hydrogen-bond acceptors (Lipinski definition) is 6. The maximum Gasteiger partial charge on any atom is 0.306 e. The van der Waals surface area contributed by atoms with Gasteiger partial charge in [-0.3, -0.25) is 14.4 Å². The zero-order chi connectivity index (χ0) is 55.0. The van der Waals surface area contributed by atoms with Crippen LogP contribution < -0.4 is 0 Å². The predicted molar refractivity (Wildman–Crippen MR) is 330 cm³/mol. The third kappa shape index (κ3) is 62.2. The summed E-state index contributed by atoms with van der Waals surface area (Å²) in [5.74, 6) is -0.872. The molecule has 0 rings (SSSR count). The SMILES string of the molecule is CCCCC/C=C\C/C=C\CCCCCCCCCC(=O)OC(COC(=O)CCCCCCC/C=C\CCCCCCC)COC(=O)CCCCCCCCCCCCCCCCC/C=C\CCCCCCCCCC. The van der Waals surface area contributed by atoms with Crippen LogP contribution in [-0.2, 0) is 28.6 Å². The van der Waals surface area contributed by atoms with Gasteiger partial charge in [-0.05, 0) is 103 Å². The lowest BCUT2D eigenvalue weighted by molar-refractivity contribution is -0.167. The van der Waals surface area contributed by atoms with Crippen molar-refractivity contribution < 1.29 is 28.6 Å². The van der Waals surface area contributed by atoms with Crippen LogP contribution in [0.5, 0.6) is 0 Å². The molecular formula is C70H128O6. The van der Waals surface area contributed by atoms with Crippen LogP contribution in [0.3, 0.4) is 0 Å². The van der Waals surface area contributed by atoms with E-state index >= 15 is 0 Å². The van der Waals surface area contributed by atoms with Crippen molar-refractivity contribution in [2.45, 2.75) is 367 Å². The number of allylic oxidation sites excluding steroid dienone is 8. The normalized spacial score (nSPS) is 12.3. The maximum atomic E-state index is 12.9. The molecule has 0 aliphatic carbocycles. The molecule has 76 heavy (non-hydrogen) atoms. The van der Waals surface area contributed by atoms with E-state index in [1.165, 1.54) is 244 Å². The molecule has 444 valence electrons. The van der Waals surface area contributed by atoms with Crippen LogP contribution in [-0.4, -0.2) is 37.2 Å². The Morgan fingerprint density at radius 3 is 0.763 bits per heavy atom. The first-order valence-electron chi connectivity index (χ1n) is 33.6. The van der Waals surface area contributed by atoms with Crippen molar-refractivity contribution in [2.24, 2.45) is 0 Å². The van der Waals surface area contributed by atoms with Gasteiger partial charge in [0, 0.05) is 19.3 Å². The number of unbranched alkanes of at least 4 members (excludes halogenated alkanes) is 43. The highest BCUT2D eigenvalue weighted by Crippen LogP contribution is 2.17. The van der Waals surface area contributed by atoms with Gasteiger partial charge >= 0.3 is 17.9 Å². The van der Waals surface area contributed by atoms with Crippen molar-refractivity contribution in [3.63, 3.8) is 0 Å². The van der Waals surface area contributed by atoms with Gasteiger partial charge in [0.05, 0.1) is 0 Å². The van der Waals surface area contributed by atoms with Crippen molar-refractivity contribution in [1.82, 2.24) is 0 Å². The van der Waals surface area contributed by atoms with E-state index in [1.54, 1.807) is 0 Å². The highest BCUT2D eigenvalue weighted by Gasteiger charge is 2.19. The summed E-state index contributed by atoms with van der Waals surface area (Å²) in [4.78, 5) is 38.3. The molecule has 0 N–H and O–H groups in total. The molecule has 0 amide bonds. The summed E-state index contributed by atoms with van der Waals surface area (Å²) in [5.41, 5.74) is 0. The molecule has 1 atom stereocenters. The summed E-state index contributed by atoms with van der Waals surface area (Å²) in [6.07, 6.45) is 81.3. The lowest BCUT2D eigenvalue weighted by Crippen LogP contribution is -2.30. The van der Waals surface area contributed by atoms with E-state index in [-0.39, 0.29) is 31.1 Å². The molecule has 0 saturated carbocycles. The summed E-state index contributed by atoms with van der Waals surface area (Å²) >= 11 is 0. The molecule has 1 unspecified atom stereocenters. The van der Waals surface area contributed by atoms with E-state index < -0.39 is 6.10 Å². The molecule has 0 aliphatic rings. The minimum absolute atomic E-state index is 0.0760. The van der Waals surface area contributed by atoms with E-state index in [0.717, 1.165) is 77.0 Å². The topological polar surface area (TPSA) is 78.9 Å². The van der Waals surface area contributed by atoms with Gasteiger partial charge in [-0.1, -0.05) is 288 Å². The fraction of sp³-hybridized carbons (Fsp3) is 0.843. The molecule has 0 saturated heterocycles. The molecule has 0 aliphatic heterocycles. The van der Waals surface area contributed by atoms with E-state index in [1.807, 2.05) is 0 Å². The summed E-state index contributed by atoms with van der Waals surface area (Å²) in [6, 6.07) is 0. The first-order chi connectivity index (χ1) is 37.5. The standard InChI is InChI=1S/C70H128O6/c1-4-7-10-13-16-19-22-25-28-30-31-32-33-34-35-36-37-38-39-41-42-45-48-51-54-57-60-63-69(72)75-66-67(65-74-68(71)62-59-56-53-50-47-44-27-24-21-18-15-12-9-6-3)76-70(73)64-61-58-55-52-49-46-43-40-29-26-23-20-17-14-11-8-5-2/h17,20,24,26-27,29-31,67H,4-16,18-19,21-23,25,28,32-66H2,1-3H3/b20-17-,27-24-,29-26-,31-30-. The Labute approximate surface area is 473 Å². The Morgan fingerprint density at radius 2 is 0.474 bits per heavy atom. The Hall–Kier alpha value is -2.63. The number of carbonyl (C=O) groups is 3. The minimum atomic E-state index is -0.780. The molecule has 0 aromatic rings. The fourth-order valence-electron chi connectivity index (χ4n) is 9.94. The van der Waals surface area contributed by atoms with Gasteiger partial charge in [-0.15, -0.1) is 0 Å². The number of carbonyl (C=O) groups excluding carboxylic acids is 3. The van der Waals surface area contributed by atoms with Crippen LogP contribution in [0, 0.1) is 0 Å². The van der Waals surface area contributed by atoms with Crippen molar-refractivity contribution >= 4 is 17.9 Å². The van der Waals surface area contributed by atoms with Crippen LogP contribution in [0.1, 0.15) is 361 Å². The molecule has 0 fully saturated rings. The van der Waals surface area contributed by atoms with E-state index in [9.17, 15) is 14.4 Å². The van der Waals surface area contributed by atoms with Crippen LogP contribution in [0.4, 0.5) is 0 Å². The van der Waals surface area contributed by atoms with Gasteiger partial charge in [-0.25, -0.2) is 0 Å². The Morgan fingerprint density at radius 1 is 0.263 bits per heavy atom. The van der Waals surface area contributed by atoms with Crippen LogP contribution >= 0.6 is 0 Å². The zero-order valence-corrected chi connectivity index (χ0v) is 51.0.